The third-order valence-corrected chi connectivity index (χ3v) is 6.10. The lowest BCUT2D eigenvalue weighted by atomic mass is 10.2. The van der Waals surface area contributed by atoms with E-state index in [4.69, 9.17) is 4.74 Å². The minimum atomic E-state index is -4.66. The Morgan fingerprint density at radius 2 is 1.72 bits per heavy atom. The van der Waals surface area contributed by atoms with Crippen molar-refractivity contribution >= 4 is 27.8 Å². The minimum Gasteiger partial charge on any atom is -0.489 e. The number of rotatable bonds is 9. The first-order valence-electron chi connectivity index (χ1n) is 10.7. The minimum absolute atomic E-state index is 0.285. The van der Waals surface area contributed by atoms with Crippen LogP contribution in [0.25, 0.3) is 0 Å². The monoisotopic (exact) mass is 519 g/mol. The smallest absolute Gasteiger partial charge is 0.416 e. The molecule has 0 spiro atoms. The summed E-state index contributed by atoms with van der Waals surface area (Å²) in [6.45, 7) is 1.67. The predicted molar refractivity (Wildman–Crippen MR) is 131 cm³/mol. The molecule has 1 N–H and O–H groups in total. The van der Waals surface area contributed by atoms with Gasteiger partial charge in [-0.05, 0) is 60.5 Å². The number of anilines is 1. The van der Waals surface area contributed by atoms with Crippen LogP contribution in [0.2, 0.25) is 0 Å². The average molecular weight is 520 g/mol. The van der Waals surface area contributed by atoms with Crippen LogP contribution in [0, 0.1) is 6.92 Å². The predicted octanol–water partition coefficient (Wildman–Crippen LogP) is 4.51. The van der Waals surface area contributed by atoms with Crippen molar-refractivity contribution in [2.24, 2.45) is 5.10 Å². The number of carbonyl (C=O) groups is 1. The number of carbonyl (C=O) groups excluding carboxylic acids is 1. The largest absolute Gasteiger partial charge is 0.489 e. The number of hydrogen-bond acceptors (Lipinski definition) is 5. The zero-order valence-electron chi connectivity index (χ0n) is 19.5. The van der Waals surface area contributed by atoms with Crippen LogP contribution in [-0.2, 0) is 27.6 Å². The summed E-state index contributed by atoms with van der Waals surface area (Å²) in [6, 6.07) is 18.6. The number of hydrogen-bond donors (Lipinski definition) is 1. The Morgan fingerprint density at radius 1 is 1.06 bits per heavy atom. The molecule has 0 saturated carbocycles. The van der Waals surface area contributed by atoms with Gasteiger partial charge in [-0.2, -0.15) is 18.3 Å². The van der Waals surface area contributed by atoms with Gasteiger partial charge in [-0.15, -0.1) is 0 Å². The highest BCUT2D eigenvalue weighted by molar-refractivity contribution is 7.92. The first-order chi connectivity index (χ1) is 16.9. The maximum absolute atomic E-state index is 13.0. The van der Waals surface area contributed by atoms with Gasteiger partial charge in [-0.25, -0.2) is 13.8 Å². The molecule has 11 heteroatoms. The Balaban J connectivity index is 1.58. The summed E-state index contributed by atoms with van der Waals surface area (Å²) in [4.78, 5) is 12.3. The maximum Gasteiger partial charge on any atom is 0.416 e. The van der Waals surface area contributed by atoms with Crippen LogP contribution in [0.4, 0.5) is 18.9 Å². The standard InChI is InChI=1S/C25H24F3N3O4S/c1-18-6-8-20(9-7-18)17-35-23-12-10-19(11-13-23)15-29-30-24(32)16-31(36(2,33)34)22-5-3-4-21(14-22)25(26,27)28/h3-15H,16-17H2,1-2H3,(H,30,32)/b29-15-. The topological polar surface area (TPSA) is 88.1 Å². The number of aryl methyl sites for hydroxylation is 1. The number of benzene rings is 3. The zero-order valence-corrected chi connectivity index (χ0v) is 20.3. The Labute approximate surface area is 207 Å². The summed E-state index contributed by atoms with van der Waals surface area (Å²) in [5.74, 6) is -0.186. The van der Waals surface area contributed by atoms with E-state index in [1.54, 1.807) is 24.3 Å². The van der Waals surface area contributed by atoms with E-state index in [0.29, 0.717) is 28.3 Å². The molecule has 3 aromatic rings. The second-order valence-corrected chi connectivity index (χ2v) is 9.86. The summed E-state index contributed by atoms with van der Waals surface area (Å²) >= 11 is 0. The molecule has 36 heavy (non-hydrogen) atoms. The van der Waals surface area contributed by atoms with E-state index in [1.807, 2.05) is 31.2 Å². The van der Waals surface area contributed by atoms with E-state index >= 15 is 0 Å². The maximum atomic E-state index is 13.0. The lowest BCUT2D eigenvalue weighted by molar-refractivity contribution is -0.137. The molecule has 0 atom stereocenters. The molecule has 0 bridgehead atoms. The van der Waals surface area contributed by atoms with Gasteiger partial charge in [0.15, 0.2) is 0 Å². The third-order valence-electron chi connectivity index (χ3n) is 4.96. The van der Waals surface area contributed by atoms with Crippen LogP contribution >= 0.6 is 0 Å². The van der Waals surface area contributed by atoms with Crippen molar-refractivity contribution in [1.82, 2.24) is 5.43 Å². The molecule has 1 amide bonds. The van der Waals surface area contributed by atoms with E-state index in [0.717, 1.165) is 29.5 Å². The molecular formula is C25H24F3N3O4S. The Kier molecular flexibility index (Phi) is 8.36. The number of ether oxygens (including phenoxy) is 1. The van der Waals surface area contributed by atoms with Crippen molar-refractivity contribution in [2.75, 3.05) is 17.1 Å². The molecule has 3 rings (SSSR count). The molecular weight excluding hydrogens is 495 g/mol. The number of nitrogens with zero attached hydrogens (tertiary/aromatic N) is 2. The highest BCUT2D eigenvalue weighted by Crippen LogP contribution is 2.32. The van der Waals surface area contributed by atoms with Gasteiger partial charge in [0.25, 0.3) is 5.91 Å². The fourth-order valence-corrected chi connectivity index (χ4v) is 3.93. The van der Waals surface area contributed by atoms with Gasteiger partial charge < -0.3 is 4.74 Å². The van der Waals surface area contributed by atoms with Crippen molar-refractivity contribution in [3.05, 3.63) is 95.1 Å². The fourth-order valence-electron chi connectivity index (χ4n) is 3.08. The van der Waals surface area contributed by atoms with Crippen LogP contribution in [-0.4, -0.2) is 33.3 Å². The van der Waals surface area contributed by atoms with E-state index in [2.05, 4.69) is 10.5 Å². The number of hydrazone groups is 1. The highest BCUT2D eigenvalue weighted by atomic mass is 32.2. The molecule has 3 aromatic carbocycles. The first kappa shape index (κ1) is 26.7. The van der Waals surface area contributed by atoms with Crippen LogP contribution in [0.5, 0.6) is 5.75 Å². The lowest BCUT2D eigenvalue weighted by Crippen LogP contribution is -2.39. The SMILES string of the molecule is Cc1ccc(COc2ccc(/C=N\NC(=O)CN(c3cccc(C(F)(F)F)c3)S(C)(=O)=O)cc2)cc1. The Morgan fingerprint density at radius 3 is 2.33 bits per heavy atom. The molecule has 0 aromatic heterocycles. The molecule has 7 nitrogen and oxygen atoms in total. The van der Waals surface area contributed by atoms with Crippen LogP contribution in [0.1, 0.15) is 22.3 Å². The molecule has 190 valence electrons. The van der Waals surface area contributed by atoms with Gasteiger partial charge in [0.2, 0.25) is 10.0 Å². The summed E-state index contributed by atoms with van der Waals surface area (Å²) in [5, 5.41) is 3.79. The molecule has 0 aliphatic rings. The van der Waals surface area contributed by atoms with Gasteiger partial charge in [0.05, 0.1) is 23.7 Å². The third kappa shape index (κ3) is 7.84. The number of sulfonamides is 1. The van der Waals surface area contributed by atoms with Gasteiger partial charge in [0.1, 0.15) is 18.9 Å². The Hall–Kier alpha value is -3.86. The molecule has 0 saturated heterocycles. The summed E-state index contributed by atoms with van der Waals surface area (Å²) in [7, 11) is -4.05. The number of nitrogens with one attached hydrogen (secondary N) is 1. The van der Waals surface area contributed by atoms with Crippen LogP contribution in [0.15, 0.2) is 77.9 Å². The zero-order chi connectivity index (χ0) is 26.3. The van der Waals surface area contributed by atoms with Crippen LogP contribution in [0.3, 0.4) is 0 Å². The van der Waals surface area contributed by atoms with E-state index in [1.165, 1.54) is 12.3 Å². The second-order valence-electron chi connectivity index (χ2n) is 7.95. The number of amides is 1. The fraction of sp³-hybridized carbons (Fsp3) is 0.200. The lowest BCUT2D eigenvalue weighted by Gasteiger charge is -2.22. The summed E-state index contributed by atoms with van der Waals surface area (Å²) in [5.41, 5.74) is 3.70. The number of halogens is 3. The van der Waals surface area contributed by atoms with Crippen molar-refractivity contribution in [1.29, 1.82) is 0 Å². The number of alkyl halides is 3. The van der Waals surface area contributed by atoms with E-state index in [-0.39, 0.29) is 5.69 Å². The van der Waals surface area contributed by atoms with Crippen molar-refractivity contribution in [3.63, 3.8) is 0 Å². The normalized spacial score (nSPS) is 11.9. The molecule has 0 heterocycles. The van der Waals surface area contributed by atoms with E-state index in [9.17, 15) is 26.4 Å². The second kappa shape index (κ2) is 11.3. The molecule has 0 unspecified atom stereocenters. The molecule has 0 aliphatic carbocycles. The first-order valence-corrected chi connectivity index (χ1v) is 12.5. The quantitative estimate of drug-likeness (QED) is 0.333. The highest BCUT2D eigenvalue weighted by Gasteiger charge is 2.32. The van der Waals surface area contributed by atoms with Gasteiger partial charge in [0, 0.05) is 0 Å². The van der Waals surface area contributed by atoms with Gasteiger partial charge in [-0.1, -0.05) is 35.9 Å². The van der Waals surface area contributed by atoms with Crippen molar-refractivity contribution in [2.45, 2.75) is 19.7 Å². The molecule has 0 radical (unpaired) electrons. The van der Waals surface area contributed by atoms with Crippen molar-refractivity contribution in [3.8, 4) is 5.75 Å². The summed E-state index contributed by atoms with van der Waals surface area (Å²) in [6.07, 6.45) is -2.52. The van der Waals surface area contributed by atoms with Gasteiger partial charge >= 0.3 is 6.18 Å². The molecule has 0 aliphatic heterocycles. The van der Waals surface area contributed by atoms with Crippen LogP contribution < -0.4 is 14.5 Å². The summed E-state index contributed by atoms with van der Waals surface area (Å²) < 4.78 is 69.6. The molecule has 0 fully saturated rings. The Bertz CT molecular complexity index is 1320. The average Bonchev–Trinajstić information content (AvgIpc) is 2.82. The van der Waals surface area contributed by atoms with Crippen molar-refractivity contribution < 1.29 is 31.1 Å². The van der Waals surface area contributed by atoms with Gasteiger partial charge in [-0.3, -0.25) is 9.10 Å². The van der Waals surface area contributed by atoms with E-state index < -0.39 is 34.2 Å².